The van der Waals surface area contributed by atoms with Crippen LogP contribution in [0, 0.1) is 0 Å². The first-order valence-electron chi connectivity index (χ1n) is 11.0. The van der Waals surface area contributed by atoms with Crippen molar-refractivity contribution in [2.24, 2.45) is 0 Å². The van der Waals surface area contributed by atoms with Crippen molar-refractivity contribution < 1.29 is 19.1 Å². The largest absolute Gasteiger partial charge is 0.507 e. The Morgan fingerprint density at radius 2 is 1.70 bits per heavy atom. The van der Waals surface area contributed by atoms with Crippen molar-refractivity contribution >= 4 is 28.2 Å². The van der Waals surface area contributed by atoms with Gasteiger partial charge in [-0.2, -0.15) is 0 Å². The van der Waals surface area contributed by atoms with E-state index in [9.17, 15) is 14.7 Å². The first-order chi connectivity index (χ1) is 16.1. The minimum absolute atomic E-state index is 0.0890. The molecule has 5 heteroatoms. The van der Waals surface area contributed by atoms with Crippen LogP contribution in [0.1, 0.15) is 35.4 Å². The van der Waals surface area contributed by atoms with E-state index in [1.807, 2.05) is 60.7 Å². The summed E-state index contributed by atoms with van der Waals surface area (Å²) in [6.45, 7) is 2.20. The molecule has 5 rings (SSSR count). The summed E-state index contributed by atoms with van der Waals surface area (Å²) in [6, 6.07) is 23.9. The SMILES string of the molecule is CCc1ccc(C2/C(=C(/O)c3ccc4ccccc4c3)C(=O)C(=O)N2Cc2ccco2)cc1. The fourth-order valence-corrected chi connectivity index (χ4v) is 4.39. The summed E-state index contributed by atoms with van der Waals surface area (Å²) in [7, 11) is 0. The van der Waals surface area contributed by atoms with E-state index < -0.39 is 17.7 Å². The molecule has 1 aliphatic rings. The lowest BCUT2D eigenvalue weighted by atomic mass is 9.93. The second-order valence-electron chi connectivity index (χ2n) is 8.16. The topological polar surface area (TPSA) is 70.8 Å². The van der Waals surface area contributed by atoms with E-state index >= 15 is 0 Å². The summed E-state index contributed by atoms with van der Waals surface area (Å²) in [6.07, 6.45) is 2.41. The van der Waals surface area contributed by atoms with Crippen LogP contribution in [0.4, 0.5) is 0 Å². The number of likely N-dealkylation sites (tertiary alicyclic amines) is 1. The van der Waals surface area contributed by atoms with E-state index in [0.29, 0.717) is 11.3 Å². The van der Waals surface area contributed by atoms with Crippen LogP contribution >= 0.6 is 0 Å². The number of benzene rings is 3. The van der Waals surface area contributed by atoms with Crippen LogP contribution in [0.15, 0.2) is 95.1 Å². The first kappa shape index (κ1) is 20.8. The minimum atomic E-state index is -0.715. The zero-order valence-corrected chi connectivity index (χ0v) is 18.2. The fourth-order valence-electron chi connectivity index (χ4n) is 4.39. The van der Waals surface area contributed by atoms with Crippen molar-refractivity contribution in [2.75, 3.05) is 0 Å². The molecule has 0 bridgehead atoms. The van der Waals surface area contributed by atoms with E-state index in [-0.39, 0.29) is 17.9 Å². The predicted molar refractivity (Wildman–Crippen MR) is 126 cm³/mol. The number of amides is 1. The highest BCUT2D eigenvalue weighted by Crippen LogP contribution is 2.40. The lowest BCUT2D eigenvalue weighted by molar-refractivity contribution is -0.140. The van der Waals surface area contributed by atoms with Gasteiger partial charge in [0, 0.05) is 5.56 Å². The summed E-state index contributed by atoms with van der Waals surface area (Å²) >= 11 is 0. The van der Waals surface area contributed by atoms with Crippen molar-refractivity contribution in [1.82, 2.24) is 4.90 Å². The highest BCUT2D eigenvalue weighted by molar-refractivity contribution is 6.46. The van der Waals surface area contributed by atoms with Crippen LogP contribution in [0.3, 0.4) is 0 Å². The molecule has 0 saturated carbocycles. The van der Waals surface area contributed by atoms with Gasteiger partial charge in [0.1, 0.15) is 11.5 Å². The molecular weight excluding hydrogens is 414 g/mol. The molecular formula is C28H23NO4. The van der Waals surface area contributed by atoms with E-state index in [4.69, 9.17) is 4.42 Å². The third-order valence-corrected chi connectivity index (χ3v) is 6.17. The first-order valence-corrected chi connectivity index (χ1v) is 11.0. The average Bonchev–Trinajstić information content (AvgIpc) is 3.46. The highest BCUT2D eigenvalue weighted by Gasteiger charge is 2.46. The molecule has 1 aromatic heterocycles. The molecule has 0 radical (unpaired) electrons. The standard InChI is InChI=1S/C28H23NO4/c1-2-18-9-11-20(12-10-18)25-24(27(31)28(32)29(25)17-23-8-5-15-33-23)26(30)22-14-13-19-6-3-4-7-21(19)16-22/h3-16,25,30H,2,17H2,1H3/b26-24-. The van der Waals surface area contributed by atoms with Gasteiger partial charge < -0.3 is 14.4 Å². The summed E-state index contributed by atoms with van der Waals surface area (Å²) in [5.74, 6) is -0.960. The number of aryl methyl sites for hydroxylation is 1. The van der Waals surface area contributed by atoms with Crippen LogP contribution in [0.25, 0.3) is 16.5 Å². The van der Waals surface area contributed by atoms with Gasteiger partial charge >= 0.3 is 0 Å². The number of hydrogen-bond acceptors (Lipinski definition) is 4. The minimum Gasteiger partial charge on any atom is -0.507 e. The maximum Gasteiger partial charge on any atom is 0.296 e. The van der Waals surface area contributed by atoms with E-state index in [2.05, 4.69) is 6.92 Å². The Balaban J connectivity index is 1.66. The molecule has 1 atom stereocenters. The quantitative estimate of drug-likeness (QED) is 0.250. The molecule has 164 valence electrons. The van der Waals surface area contributed by atoms with Crippen LogP contribution in [0.5, 0.6) is 0 Å². The Morgan fingerprint density at radius 1 is 0.939 bits per heavy atom. The molecule has 0 aliphatic carbocycles. The van der Waals surface area contributed by atoms with E-state index in [1.165, 1.54) is 11.2 Å². The number of rotatable bonds is 5. The Bertz CT molecular complexity index is 1370. The summed E-state index contributed by atoms with van der Waals surface area (Å²) in [4.78, 5) is 27.7. The van der Waals surface area contributed by atoms with Gasteiger partial charge in [0.2, 0.25) is 0 Å². The number of aliphatic hydroxyl groups is 1. The number of furan rings is 1. The van der Waals surface area contributed by atoms with Crippen molar-refractivity contribution in [3.8, 4) is 0 Å². The molecule has 3 aromatic carbocycles. The fraction of sp³-hybridized carbons (Fsp3) is 0.143. The number of carbonyl (C=O) groups is 2. The van der Waals surface area contributed by atoms with Gasteiger partial charge in [0.15, 0.2) is 0 Å². The summed E-state index contributed by atoms with van der Waals surface area (Å²) in [5, 5.41) is 13.3. The molecule has 4 aromatic rings. The second-order valence-corrected chi connectivity index (χ2v) is 8.16. The summed E-state index contributed by atoms with van der Waals surface area (Å²) in [5.41, 5.74) is 2.50. The van der Waals surface area contributed by atoms with Crippen molar-refractivity contribution in [2.45, 2.75) is 25.9 Å². The van der Waals surface area contributed by atoms with Gasteiger partial charge in [-0.3, -0.25) is 9.59 Å². The molecule has 33 heavy (non-hydrogen) atoms. The number of aliphatic hydroxyl groups excluding tert-OH is 1. The van der Waals surface area contributed by atoms with Gasteiger partial charge in [0.25, 0.3) is 11.7 Å². The smallest absolute Gasteiger partial charge is 0.296 e. The number of Topliss-reactive ketones (excluding diaryl/α,β-unsaturated/α-hetero) is 1. The van der Waals surface area contributed by atoms with Gasteiger partial charge in [-0.25, -0.2) is 0 Å². The average molecular weight is 437 g/mol. The zero-order chi connectivity index (χ0) is 22.9. The number of carbonyl (C=O) groups excluding carboxylic acids is 2. The van der Waals surface area contributed by atoms with Crippen LogP contribution in [-0.2, 0) is 22.6 Å². The van der Waals surface area contributed by atoms with Crippen molar-refractivity contribution in [3.63, 3.8) is 0 Å². The molecule has 1 saturated heterocycles. The van der Waals surface area contributed by atoms with Gasteiger partial charge in [-0.1, -0.05) is 67.6 Å². The predicted octanol–water partition coefficient (Wildman–Crippen LogP) is 5.62. The summed E-state index contributed by atoms with van der Waals surface area (Å²) < 4.78 is 5.44. The van der Waals surface area contributed by atoms with Crippen molar-refractivity contribution in [1.29, 1.82) is 0 Å². The molecule has 1 N–H and O–H groups in total. The molecule has 1 amide bonds. The van der Waals surface area contributed by atoms with Gasteiger partial charge in [-0.15, -0.1) is 0 Å². The third kappa shape index (κ3) is 3.72. The van der Waals surface area contributed by atoms with Crippen LogP contribution in [0.2, 0.25) is 0 Å². The Labute approximate surface area is 191 Å². The van der Waals surface area contributed by atoms with Crippen molar-refractivity contribution in [3.05, 3.63) is 113 Å². The lowest BCUT2D eigenvalue weighted by Gasteiger charge is -2.24. The van der Waals surface area contributed by atoms with Gasteiger partial charge in [0.05, 0.1) is 24.4 Å². The maximum atomic E-state index is 13.2. The molecule has 5 nitrogen and oxygen atoms in total. The second kappa shape index (κ2) is 8.43. The monoisotopic (exact) mass is 437 g/mol. The maximum absolute atomic E-state index is 13.2. The Morgan fingerprint density at radius 3 is 2.39 bits per heavy atom. The molecule has 1 unspecified atom stereocenters. The third-order valence-electron chi connectivity index (χ3n) is 6.17. The molecule has 2 heterocycles. The number of fused-ring (bicyclic) bond motifs is 1. The normalized spacial score (nSPS) is 17.7. The van der Waals surface area contributed by atoms with Crippen LogP contribution in [-0.4, -0.2) is 21.7 Å². The highest BCUT2D eigenvalue weighted by atomic mass is 16.3. The number of ketones is 1. The molecule has 1 aliphatic heterocycles. The Kier molecular flexibility index (Phi) is 5.31. The number of hydrogen-bond donors (Lipinski definition) is 1. The Hall–Kier alpha value is -4.12. The van der Waals surface area contributed by atoms with E-state index in [0.717, 1.165) is 28.3 Å². The van der Waals surface area contributed by atoms with Crippen LogP contribution < -0.4 is 0 Å². The molecule has 0 spiro atoms. The van der Waals surface area contributed by atoms with E-state index in [1.54, 1.807) is 18.2 Å². The zero-order valence-electron chi connectivity index (χ0n) is 18.2. The van der Waals surface area contributed by atoms with Gasteiger partial charge in [-0.05, 0) is 46.5 Å². The lowest BCUT2D eigenvalue weighted by Crippen LogP contribution is -2.29. The number of nitrogens with zero attached hydrogens (tertiary/aromatic N) is 1. The molecule has 1 fully saturated rings.